The standard InChI is InChI=1S/CH4.Fe.HNO.Ti/c;;1-2;/h1H4;;1H;. The third kappa shape index (κ3) is 55.8. The van der Waals surface area contributed by atoms with Crippen molar-refractivity contribution >= 4 is 0 Å². The summed E-state index contributed by atoms with van der Waals surface area (Å²) < 4.78 is 0. The minimum atomic E-state index is 0. The fourth-order valence-corrected chi connectivity index (χ4v) is 0. The number of nitroso groups, excluding NO2 is 1. The Morgan fingerprint density at radius 3 is 1.20 bits per heavy atom. The molecular formula is CH5FeNOTi. The second-order valence-electron chi connectivity index (χ2n) is 0. The van der Waals surface area contributed by atoms with Gasteiger partial charge in [-0.1, -0.05) is 13.0 Å². The Bertz CT molecular complexity index is 11.6. The fourth-order valence-electron chi connectivity index (χ4n) is 0. The van der Waals surface area contributed by atoms with Crippen molar-refractivity contribution in [3.63, 3.8) is 0 Å². The van der Waals surface area contributed by atoms with Crippen LogP contribution in [0.3, 0.4) is 0 Å². The minimum absolute atomic E-state index is 0. The molecule has 0 aromatic rings. The van der Waals surface area contributed by atoms with E-state index in [9.17, 15) is 0 Å². The van der Waals surface area contributed by atoms with Gasteiger partial charge in [0.05, 0.1) is 0 Å². The number of hydrogen-bond acceptors (Lipinski definition) is 2. The molecule has 0 amide bonds. The van der Waals surface area contributed by atoms with Gasteiger partial charge in [-0.15, -0.1) is 0 Å². The molecule has 0 aromatic heterocycles. The summed E-state index contributed by atoms with van der Waals surface area (Å²) in [4.78, 5) is 7.50. The molecule has 2 nitrogen and oxygen atoms in total. The van der Waals surface area contributed by atoms with Crippen LogP contribution >= 0.6 is 0 Å². The predicted octanol–water partition coefficient (Wildman–Crippen LogP) is 0.963. The van der Waals surface area contributed by atoms with E-state index in [1.54, 1.807) is 0 Å². The minimum Gasteiger partial charge on any atom is -0.154 e. The van der Waals surface area contributed by atoms with Crippen molar-refractivity contribution in [1.82, 2.24) is 0 Å². The molecule has 1 N–H and O–H groups in total. The molecule has 0 radical (unpaired) electrons. The topological polar surface area (TPSA) is 40.9 Å². The molecule has 0 bridgehead atoms. The second kappa shape index (κ2) is 102. The van der Waals surface area contributed by atoms with Crippen LogP contribution in [-0.2, 0) is 38.8 Å². The number of hydrogen-bond donors (Lipinski definition) is 1. The zero-order valence-corrected chi connectivity index (χ0v) is 4.43. The molecule has 0 aromatic carbocycles. The van der Waals surface area contributed by atoms with E-state index in [0.29, 0.717) is 0 Å². The van der Waals surface area contributed by atoms with Crippen LogP contribution in [0.1, 0.15) is 7.43 Å². The molecule has 32 valence electrons. The molecule has 0 heterocycles. The first-order valence-corrected chi connectivity index (χ1v) is 0.204. The van der Waals surface area contributed by atoms with Crippen LogP contribution in [0.4, 0.5) is 0 Å². The zero-order valence-electron chi connectivity index (χ0n) is 1.76. The van der Waals surface area contributed by atoms with Gasteiger partial charge in [0.2, 0.25) is 0 Å². The molecule has 0 spiro atoms. The normalized spacial score (nSPS) is 0.800. The van der Waals surface area contributed by atoms with Crippen LogP contribution in [0.5, 0.6) is 0 Å². The molecule has 0 unspecified atom stereocenters. The summed E-state index contributed by atoms with van der Waals surface area (Å²) in [5.41, 5.74) is 4.50. The zero-order chi connectivity index (χ0) is 2.00. The molecule has 0 fully saturated rings. The first-order valence-electron chi connectivity index (χ1n) is 0.204. The maximum atomic E-state index is 7.50. The van der Waals surface area contributed by atoms with E-state index in [4.69, 9.17) is 4.91 Å². The average Bonchev–Trinajstić information content (AvgIpc) is 1.00. The molecular weight excluding hydrogens is 146 g/mol. The number of rotatable bonds is 0. The predicted molar refractivity (Wildman–Crippen MR) is 12.8 cm³/mol. The van der Waals surface area contributed by atoms with Gasteiger partial charge in [-0.2, -0.15) is 4.91 Å². The van der Waals surface area contributed by atoms with Crippen molar-refractivity contribution in [3.8, 4) is 0 Å². The van der Waals surface area contributed by atoms with Gasteiger partial charge < -0.3 is 0 Å². The third-order valence-electron chi connectivity index (χ3n) is 0. The molecule has 0 aliphatic heterocycles. The number of nitrogens with one attached hydrogen (secondary N) is 1. The Kier molecular flexibility index (Phi) is 829. The van der Waals surface area contributed by atoms with Gasteiger partial charge in [-0.25, -0.2) is 0 Å². The Morgan fingerprint density at radius 2 is 1.20 bits per heavy atom. The van der Waals surface area contributed by atoms with Crippen molar-refractivity contribution < 1.29 is 38.8 Å². The van der Waals surface area contributed by atoms with Crippen LogP contribution in [0.2, 0.25) is 0 Å². The molecule has 4 heteroatoms. The summed E-state index contributed by atoms with van der Waals surface area (Å²) in [5.74, 6) is 0. The average molecular weight is 151 g/mol. The molecule has 0 aliphatic carbocycles. The summed E-state index contributed by atoms with van der Waals surface area (Å²) in [6.07, 6.45) is 0. The van der Waals surface area contributed by atoms with Gasteiger partial charge in [0.1, 0.15) is 0 Å². The molecule has 0 saturated carbocycles. The second-order valence-corrected chi connectivity index (χ2v) is 0. The van der Waals surface area contributed by atoms with Crippen molar-refractivity contribution in [2.24, 2.45) is 0 Å². The molecule has 0 aliphatic rings. The third-order valence-corrected chi connectivity index (χ3v) is 0. The van der Waals surface area contributed by atoms with E-state index < -0.39 is 0 Å². The van der Waals surface area contributed by atoms with Crippen molar-refractivity contribution in [1.29, 1.82) is 5.59 Å². The van der Waals surface area contributed by atoms with Gasteiger partial charge in [-0.3, -0.25) is 0 Å². The molecule has 5 heavy (non-hydrogen) atoms. The van der Waals surface area contributed by atoms with E-state index in [1.807, 2.05) is 0 Å². The first kappa shape index (κ1) is 40.5. The largest absolute Gasteiger partial charge is 0.154 e. The van der Waals surface area contributed by atoms with Crippen LogP contribution in [0.25, 0.3) is 0 Å². The van der Waals surface area contributed by atoms with E-state index in [-0.39, 0.29) is 46.2 Å². The Morgan fingerprint density at radius 1 is 1.20 bits per heavy atom. The Hall–Kier alpha value is 0.834. The molecule has 0 saturated heterocycles. The monoisotopic (exact) mass is 151 g/mol. The van der Waals surface area contributed by atoms with E-state index in [2.05, 4.69) is 5.59 Å². The van der Waals surface area contributed by atoms with E-state index in [1.165, 1.54) is 0 Å². The quantitative estimate of drug-likeness (QED) is 0.406. The first-order chi connectivity index (χ1) is 1.00. The Balaban J connectivity index is -0.00000000167. The molecule has 0 atom stereocenters. The molecule has 0 rings (SSSR count). The van der Waals surface area contributed by atoms with Crippen LogP contribution < -0.4 is 0 Å². The fraction of sp³-hybridized carbons (Fsp3) is 1.00. The Labute approximate surface area is 56.8 Å². The van der Waals surface area contributed by atoms with Gasteiger partial charge in [0.25, 0.3) is 0 Å². The SMILES string of the molecule is C.N=O.[Fe].[Ti]. The van der Waals surface area contributed by atoms with Crippen LogP contribution in [0.15, 0.2) is 0 Å². The van der Waals surface area contributed by atoms with Gasteiger partial charge in [-0.05, 0) is 0 Å². The van der Waals surface area contributed by atoms with Gasteiger partial charge in [0, 0.05) is 38.8 Å². The maximum Gasteiger partial charge on any atom is 0 e. The summed E-state index contributed by atoms with van der Waals surface area (Å²) >= 11 is 0. The smallest absolute Gasteiger partial charge is 0 e. The van der Waals surface area contributed by atoms with Crippen LogP contribution in [-0.4, -0.2) is 0 Å². The van der Waals surface area contributed by atoms with Gasteiger partial charge in [0.15, 0.2) is 0 Å². The summed E-state index contributed by atoms with van der Waals surface area (Å²) in [5, 5.41) is 0. The van der Waals surface area contributed by atoms with Crippen LogP contribution in [0, 0.1) is 10.5 Å². The summed E-state index contributed by atoms with van der Waals surface area (Å²) in [6.45, 7) is 0. The van der Waals surface area contributed by atoms with Crippen molar-refractivity contribution in [2.75, 3.05) is 0 Å². The summed E-state index contributed by atoms with van der Waals surface area (Å²) in [7, 11) is 0. The summed E-state index contributed by atoms with van der Waals surface area (Å²) in [6, 6.07) is 0. The van der Waals surface area contributed by atoms with E-state index in [0.717, 1.165) is 0 Å². The van der Waals surface area contributed by atoms with E-state index >= 15 is 0 Å². The maximum absolute atomic E-state index is 7.50. The van der Waals surface area contributed by atoms with Crippen molar-refractivity contribution in [2.45, 2.75) is 7.43 Å². The van der Waals surface area contributed by atoms with Gasteiger partial charge >= 0.3 is 0 Å². The van der Waals surface area contributed by atoms with Crippen molar-refractivity contribution in [3.05, 3.63) is 4.91 Å².